The number of thioether (sulfide) groups is 1. The summed E-state index contributed by atoms with van der Waals surface area (Å²) in [7, 11) is -19.5. The molecule has 0 spiro atoms. The van der Waals surface area contributed by atoms with Crippen molar-refractivity contribution in [3.63, 3.8) is 0 Å². The summed E-state index contributed by atoms with van der Waals surface area (Å²) in [4.78, 5) is 138. The van der Waals surface area contributed by atoms with Crippen molar-refractivity contribution < 1.29 is 113 Å². The van der Waals surface area contributed by atoms with E-state index in [1.807, 2.05) is 18.2 Å². The largest absolute Gasteiger partial charge is 0.508 e. The van der Waals surface area contributed by atoms with E-state index in [4.69, 9.17) is 0 Å². The molecule has 612 valence electrons. The number of benzene rings is 12. The summed E-state index contributed by atoms with van der Waals surface area (Å²) in [6, 6.07) is 69.1. The summed E-state index contributed by atoms with van der Waals surface area (Å²) in [5, 5.41) is 29.3. The van der Waals surface area contributed by atoms with Crippen LogP contribution in [0.3, 0.4) is 0 Å². The van der Waals surface area contributed by atoms with Gasteiger partial charge in [0, 0.05) is 61.2 Å². The van der Waals surface area contributed by atoms with E-state index in [9.17, 15) is 113 Å². The van der Waals surface area contributed by atoms with Crippen LogP contribution < -0.4 is 30.6 Å². The highest BCUT2D eigenvalue weighted by Gasteiger charge is 2.58. The van der Waals surface area contributed by atoms with Crippen molar-refractivity contribution in [2.45, 2.75) is 33.9 Å². The number of Topliss-reactive ketones (excluding diaryl/α,β-unsaturated/α-hetero) is 3. The molecule has 3 aliphatic rings. The van der Waals surface area contributed by atoms with E-state index >= 15 is 0 Å². The molecule has 7 atom stereocenters. The maximum atomic E-state index is 13.5. The molecule has 33 heteroatoms. The molecule has 0 saturated carbocycles. The molecule has 12 aromatic carbocycles. The van der Waals surface area contributed by atoms with Gasteiger partial charge in [0.2, 0.25) is 17.7 Å². The van der Waals surface area contributed by atoms with E-state index in [1.165, 1.54) is 149 Å². The predicted octanol–water partition coefficient (Wildman–Crippen LogP) is 12.9. The van der Waals surface area contributed by atoms with Crippen LogP contribution in [0.1, 0.15) is 65.9 Å². The number of sulfone groups is 1. The fourth-order valence-corrected chi connectivity index (χ4v) is 20.1. The van der Waals surface area contributed by atoms with Crippen molar-refractivity contribution >= 4 is 123 Å². The zero-order valence-electron chi connectivity index (χ0n) is 62.3. The highest BCUT2D eigenvalue weighted by atomic mass is 32.2. The van der Waals surface area contributed by atoms with Crippen LogP contribution >= 0.6 is 34.5 Å². The van der Waals surface area contributed by atoms with Crippen molar-refractivity contribution in [3.05, 3.63) is 342 Å². The third-order valence-corrected chi connectivity index (χ3v) is 27.7. The van der Waals surface area contributed by atoms with E-state index in [0.29, 0.717) is 67.1 Å². The molecule has 15 rings (SSSR count). The molecule has 1 unspecified atom stereocenters. The van der Waals surface area contributed by atoms with Gasteiger partial charge in [0.15, 0.2) is 32.4 Å². The Bertz CT molecular complexity index is 6220. The van der Waals surface area contributed by atoms with Gasteiger partial charge in [-0.25, -0.2) is 21.6 Å². The third kappa shape index (κ3) is 18.9. The Balaban J connectivity index is 0.000000156. The SMILES string of the molecule is O=C(CS(=O)(=O)[C@H]1C(=O)N(c2ccccc2)[C@@H]1c1ccc(-c2ccc(P(=O)(O)O)cc2)cc1O)c1ccc(F)cc1.O=C(CS(=O)[C@H]1C(=O)N(c2ccccc2)[C@@H]1c1ccc(-c2ccc(P(=O)(O)O)cc2)cc1O)c1ccc(F)cc1.O=C(CS[C@H]1C(=O)N(c2ccccc2)[C@@H]1c1ccc(-c2ccc(P(=O)(O)O)cc2)cc1O)c1ccc(F)cc1. The minimum Gasteiger partial charge on any atom is -0.508 e. The molecule has 3 aliphatic heterocycles. The summed E-state index contributed by atoms with van der Waals surface area (Å²) in [5.41, 5.74) is 6.49. The number of hydrogen-bond donors (Lipinski definition) is 9. The van der Waals surface area contributed by atoms with Gasteiger partial charge in [0.25, 0.3) is 0 Å². The molecule has 0 bridgehead atoms. The fourth-order valence-electron chi connectivity index (χ4n) is 14.0. The van der Waals surface area contributed by atoms with Crippen molar-refractivity contribution in [2.24, 2.45) is 0 Å². The molecule has 3 fully saturated rings. The quantitative estimate of drug-likeness (QED) is 0.0154. The molecule has 3 amide bonds. The number of hydrogen-bond acceptors (Lipinski definition) is 16. The first-order valence-electron chi connectivity index (χ1n) is 36.2. The Morgan fingerprint density at radius 2 is 0.683 bits per heavy atom. The lowest BCUT2D eigenvalue weighted by atomic mass is 9.90. The number of carbonyl (C=O) groups is 6. The van der Waals surface area contributed by atoms with Crippen molar-refractivity contribution in [1.82, 2.24) is 0 Å². The second-order valence-corrected chi connectivity index (χ2v) is 37.4. The van der Waals surface area contributed by atoms with Gasteiger partial charge in [-0.15, -0.1) is 11.8 Å². The Kier molecular flexibility index (Phi) is 25.5. The number of β-lactam (4-membered cyclic amide) rings is 3. The smallest absolute Gasteiger partial charge is 0.356 e. The number of ketones is 3. The Labute approximate surface area is 690 Å². The molecule has 9 N–H and O–H groups in total. The summed E-state index contributed by atoms with van der Waals surface area (Å²) < 4.78 is 115. The van der Waals surface area contributed by atoms with Crippen molar-refractivity contribution in [2.75, 3.05) is 32.0 Å². The first-order valence-corrected chi connectivity index (χ1v) is 45.2. The van der Waals surface area contributed by atoms with Gasteiger partial charge in [0.1, 0.15) is 51.0 Å². The van der Waals surface area contributed by atoms with Gasteiger partial charge >= 0.3 is 22.8 Å². The average molecular weight is 1740 g/mol. The number of carbonyl (C=O) groups excluding carboxylic acids is 6. The molecule has 0 aliphatic carbocycles. The lowest BCUT2D eigenvalue weighted by Gasteiger charge is -2.47. The van der Waals surface area contributed by atoms with E-state index < -0.39 is 130 Å². The lowest BCUT2D eigenvalue weighted by molar-refractivity contribution is -0.124. The molecular formula is C87H69F3N3O21P3S3. The van der Waals surface area contributed by atoms with Crippen LogP contribution in [0, 0.1) is 17.5 Å². The topological polar surface area (TPSA) is 397 Å². The maximum absolute atomic E-state index is 13.5. The van der Waals surface area contributed by atoms with Gasteiger partial charge in [-0.2, -0.15) is 0 Å². The fraction of sp³-hybridized carbons (Fsp3) is 0.103. The Morgan fingerprint density at radius 3 is 1.03 bits per heavy atom. The number of amides is 3. The summed E-state index contributed by atoms with van der Waals surface area (Å²) in [6.07, 6.45) is 0. The highest BCUT2D eigenvalue weighted by Crippen LogP contribution is 2.51. The number of rotatable bonds is 24. The number of halogens is 3. The summed E-state index contributed by atoms with van der Waals surface area (Å²) >= 11 is 1.17. The van der Waals surface area contributed by atoms with Crippen molar-refractivity contribution in [3.8, 4) is 50.6 Å². The number of phenolic OH excluding ortho intramolecular Hbond substituents is 3. The van der Waals surface area contributed by atoms with E-state index in [-0.39, 0.29) is 67.3 Å². The predicted molar refractivity (Wildman–Crippen MR) is 448 cm³/mol. The number of nitrogens with zero attached hydrogens (tertiary/aromatic N) is 3. The number of para-hydroxylation sites is 3. The molecule has 24 nitrogen and oxygen atoms in total. The molecule has 0 aromatic heterocycles. The second kappa shape index (κ2) is 35.6. The number of aromatic hydroxyl groups is 3. The van der Waals surface area contributed by atoms with Crippen molar-refractivity contribution in [1.29, 1.82) is 0 Å². The maximum Gasteiger partial charge on any atom is 0.356 e. The monoisotopic (exact) mass is 1740 g/mol. The molecule has 12 aromatic rings. The highest BCUT2D eigenvalue weighted by molar-refractivity contribution is 8.01. The van der Waals surface area contributed by atoms with Gasteiger partial charge in [-0.3, -0.25) is 46.7 Å². The third-order valence-electron chi connectivity index (χ3n) is 20.1. The molecule has 3 saturated heterocycles. The molecule has 3 heterocycles. The van der Waals surface area contributed by atoms with Gasteiger partial charge in [-0.05, 0) is 197 Å². The van der Waals surface area contributed by atoms with Crippen LogP contribution in [0.4, 0.5) is 30.2 Å². The van der Waals surface area contributed by atoms with Crippen LogP contribution in [0.25, 0.3) is 33.4 Å². The van der Waals surface area contributed by atoms with E-state index in [0.717, 1.165) is 24.3 Å². The van der Waals surface area contributed by atoms with E-state index in [1.54, 1.807) is 126 Å². The van der Waals surface area contributed by atoms with E-state index in [2.05, 4.69) is 0 Å². The summed E-state index contributed by atoms with van der Waals surface area (Å²) in [6.45, 7) is 0. The average Bonchev–Trinajstić information content (AvgIpc) is 0.728. The molecule has 120 heavy (non-hydrogen) atoms. The van der Waals surface area contributed by atoms with Gasteiger partial charge < -0.3 is 59.4 Å². The Hall–Kier alpha value is -11.9. The first kappa shape index (κ1) is 86.0. The Morgan fingerprint density at radius 1 is 0.375 bits per heavy atom. The van der Waals surface area contributed by atoms with Crippen LogP contribution in [0.5, 0.6) is 17.2 Å². The first-order chi connectivity index (χ1) is 57.0. The van der Waals surface area contributed by atoms with Crippen LogP contribution in [0.2, 0.25) is 0 Å². The number of anilines is 3. The molecule has 0 radical (unpaired) electrons. The van der Waals surface area contributed by atoms with Crippen LogP contribution in [-0.4, -0.2) is 125 Å². The van der Waals surface area contributed by atoms with Crippen LogP contribution in [-0.2, 0) is 48.7 Å². The summed E-state index contributed by atoms with van der Waals surface area (Å²) in [5.74, 6) is -6.47. The van der Waals surface area contributed by atoms with Gasteiger partial charge in [-0.1, -0.05) is 127 Å². The lowest BCUT2D eigenvalue weighted by Crippen LogP contribution is -2.63. The number of phenols is 3. The van der Waals surface area contributed by atoms with Crippen LogP contribution in [0.15, 0.2) is 291 Å². The minimum absolute atomic E-state index is 0.00589. The second-order valence-electron chi connectivity index (χ2n) is 27.8. The minimum atomic E-state index is -4.44. The zero-order chi connectivity index (χ0) is 85.9. The standard InChI is InChI=1S/C29H23FNO8PS.C29H23FNO7PS.C29H23FNO6PS/c30-21-11-6-19(7-12-21)26(33)17-41(38,39)28-27(31(29(28)34)22-4-2-1-3-5-22)24-15-10-20(16-25(24)32)18-8-13-23(14-9-18)40(35,36)37;30-21-11-6-19(7-12-21)26(33)17-40(38)28-27(31(29(28)34)22-4-2-1-3-5-22)24-15-10-20(16-25(24)32)18-8-13-23(14-9-18)39(35,36)37;30-21-11-6-19(7-12-21)26(33)17-39-28-27(31(29(28)34)22-4-2-1-3-5-22)24-15-10-20(16-25(24)32)18-8-13-23(14-9-18)38(35,36)37/h1-16,27-28,32H,17H2,(H2,35,36,37);1-16,27-28,32H,17H2,(H2,35,36,37);1-16,27-28,32H,17H2,(H2,35,36,37)/t27-,28-;27-,28-,40?;27-,28-/m111/s1. The van der Waals surface area contributed by atoms with Gasteiger partial charge in [0.05, 0.1) is 45.5 Å². The normalized spacial score (nSPS) is 17.4. The molecular weight excluding hydrogens is 1670 g/mol. The zero-order valence-corrected chi connectivity index (χ0v) is 67.4.